The summed E-state index contributed by atoms with van der Waals surface area (Å²) in [5.41, 5.74) is 3.39. The first-order valence-electron chi connectivity index (χ1n) is 10.5. The van der Waals surface area contributed by atoms with Gasteiger partial charge in [-0.15, -0.1) is 10.2 Å². The zero-order valence-corrected chi connectivity index (χ0v) is 16.9. The van der Waals surface area contributed by atoms with Crippen molar-refractivity contribution >= 4 is 16.8 Å². The minimum Gasteiger partial charge on any atom is -0.361 e. The molecule has 4 aromatic rings. The summed E-state index contributed by atoms with van der Waals surface area (Å²) in [6, 6.07) is 18.5. The highest BCUT2D eigenvalue weighted by atomic mass is 16.2. The van der Waals surface area contributed by atoms with Gasteiger partial charge in [-0.1, -0.05) is 48.5 Å². The fraction of sp³-hybridized carbons (Fsp3) is 0.292. The normalized spacial score (nSPS) is 16.4. The van der Waals surface area contributed by atoms with Gasteiger partial charge in [-0.25, -0.2) is 0 Å². The van der Waals surface area contributed by atoms with Crippen LogP contribution in [-0.2, 0) is 24.2 Å². The van der Waals surface area contributed by atoms with Crippen molar-refractivity contribution in [3.8, 4) is 0 Å². The van der Waals surface area contributed by atoms with Crippen LogP contribution in [0.4, 0.5) is 0 Å². The summed E-state index contributed by atoms with van der Waals surface area (Å²) in [6.07, 6.45) is 6.07. The summed E-state index contributed by atoms with van der Waals surface area (Å²) < 4.78 is 2.12. The van der Waals surface area contributed by atoms with Gasteiger partial charge in [-0.05, 0) is 29.5 Å². The number of carbonyl (C=O) groups is 1. The van der Waals surface area contributed by atoms with Crippen molar-refractivity contribution < 1.29 is 4.79 Å². The molecular formula is C24H25N5O. The number of carbonyl (C=O) groups excluding carboxylic acids is 1. The predicted octanol–water partition coefficient (Wildman–Crippen LogP) is 3.44. The predicted molar refractivity (Wildman–Crippen MR) is 116 cm³/mol. The fourth-order valence-corrected chi connectivity index (χ4v) is 4.39. The van der Waals surface area contributed by atoms with Gasteiger partial charge in [0.05, 0.1) is 13.0 Å². The zero-order valence-electron chi connectivity index (χ0n) is 16.9. The molecule has 0 aliphatic carbocycles. The molecule has 1 amide bonds. The lowest BCUT2D eigenvalue weighted by Gasteiger charge is -2.16. The maximum atomic E-state index is 12.9. The number of nitrogens with one attached hydrogen (secondary N) is 1. The molecular weight excluding hydrogens is 374 g/mol. The van der Waals surface area contributed by atoms with Crippen molar-refractivity contribution in [1.82, 2.24) is 24.6 Å². The van der Waals surface area contributed by atoms with Gasteiger partial charge in [0, 0.05) is 36.6 Å². The van der Waals surface area contributed by atoms with E-state index in [0.29, 0.717) is 12.3 Å². The number of aromatic amines is 1. The third-order valence-corrected chi connectivity index (χ3v) is 6.02. The van der Waals surface area contributed by atoms with E-state index in [-0.39, 0.29) is 5.91 Å². The van der Waals surface area contributed by atoms with E-state index >= 15 is 0 Å². The molecule has 6 heteroatoms. The van der Waals surface area contributed by atoms with Crippen LogP contribution in [0.2, 0.25) is 0 Å². The minimum absolute atomic E-state index is 0.202. The number of benzene rings is 2. The third kappa shape index (κ3) is 3.85. The molecule has 1 fully saturated rings. The third-order valence-electron chi connectivity index (χ3n) is 6.02. The highest BCUT2D eigenvalue weighted by molar-refractivity contribution is 5.88. The van der Waals surface area contributed by atoms with Gasteiger partial charge in [0.2, 0.25) is 5.91 Å². The number of rotatable bonds is 6. The Bertz CT molecular complexity index is 1150. The van der Waals surface area contributed by atoms with Gasteiger partial charge in [0.1, 0.15) is 12.2 Å². The molecule has 0 spiro atoms. The van der Waals surface area contributed by atoms with Crippen LogP contribution in [0.15, 0.2) is 67.1 Å². The Labute approximate surface area is 175 Å². The zero-order chi connectivity index (χ0) is 20.3. The van der Waals surface area contributed by atoms with E-state index in [9.17, 15) is 4.79 Å². The van der Waals surface area contributed by atoms with Gasteiger partial charge in [-0.3, -0.25) is 4.79 Å². The van der Waals surface area contributed by atoms with Crippen LogP contribution in [0.5, 0.6) is 0 Å². The van der Waals surface area contributed by atoms with Gasteiger partial charge >= 0.3 is 0 Å². The van der Waals surface area contributed by atoms with E-state index in [0.717, 1.165) is 54.8 Å². The smallest absolute Gasteiger partial charge is 0.227 e. The summed E-state index contributed by atoms with van der Waals surface area (Å²) in [4.78, 5) is 18.2. The molecule has 5 rings (SSSR count). The lowest BCUT2D eigenvalue weighted by atomic mass is 10.0. The minimum atomic E-state index is 0.202. The second-order valence-electron chi connectivity index (χ2n) is 8.10. The Morgan fingerprint density at radius 2 is 1.93 bits per heavy atom. The van der Waals surface area contributed by atoms with Crippen LogP contribution in [0.1, 0.15) is 23.4 Å². The molecule has 0 saturated carbocycles. The molecule has 0 radical (unpaired) electrons. The quantitative estimate of drug-likeness (QED) is 0.540. The van der Waals surface area contributed by atoms with Crippen molar-refractivity contribution in [2.45, 2.75) is 25.8 Å². The first-order valence-corrected chi connectivity index (χ1v) is 10.5. The number of hydrogen-bond acceptors (Lipinski definition) is 3. The molecule has 2 aromatic heterocycles. The van der Waals surface area contributed by atoms with Crippen LogP contribution in [0.3, 0.4) is 0 Å². The van der Waals surface area contributed by atoms with Crippen molar-refractivity contribution in [3.05, 3.63) is 84.1 Å². The first-order chi connectivity index (χ1) is 14.8. The van der Waals surface area contributed by atoms with Crippen LogP contribution >= 0.6 is 0 Å². The second-order valence-corrected chi connectivity index (χ2v) is 8.10. The Hall–Kier alpha value is -3.41. The summed E-state index contributed by atoms with van der Waals surface area (Å²) in [6.45, 7) is 2.39. The number of nitrogens with zero attached hydrogens (tertiary/aromatic N) is 4. The van der Waals surface area contributed by atoms with E-state index in [4.69, 9.17) is 0 Å². The van der Waals surface area contributed by atoms with E-state index in [1.165, 1.54) is 5.56 Å². The number of fused-ring (bicyclic) bond motifs is 1. The largest absolute Gasteiger partial charge is 0.361 e. The van der Waals surface area contributed by atoms with Crippen molar-refractivity contribution in [2.24, 2.45) is 5.92 Å². The van der Waals surface area contributed by atoms with E-state index in [1.54, 1.807) is 6.33 Å². The van der Waals surface area contributed by atoms with Crippen LogP contribution in [-0.4, -0.2) is 43.6 Å². The van der Waals surface area contributed by atoms with Gasteiger partial charge in [0.15, 0.2) is 0 Å². The summed E-state index contributed by atoms with van der Waals surface area (Å²) in [7, 11) is 0. The summed E-state index contributed by atoms with van der Waals surface area (Å²) in [5.74, 6) is 1.62. The van der Waals surface area contributed by atoms with Crippen LogP contribution in [0, 0.1) is 5.92 Å². The van der Waals surface area contributed by atoms with E-state index < -0.39 is 0 Å². The Balaban J connectivity index is 1.20. The first kappa shape index (κ1) is 18.6. The molecule has 1 N–H and O–H groups in total. The molecule has 30 heavy (non-hydrogen) atoms. The fourth-order valence-electron chi connectivity index (χ4n) is 4.39. The number of para-hydroxylation sites is 1. The molecule has 152 valence electrons. The van der Waals surface area contributed by atoms with Gasteiger partial charge < -0.3 is 14.5 Å². The molecule has 1 aliphatic heterocycles. The van der Waals surface area contributed by atoms with Crippen molar-refractivity contribution in [2.75, 3.05) is 13.1 Å². The topological polar surface area (TPSA) is 66.8 Å². The Kier molecular flexibility index (Phi) is 5.05. The standard InChI is InChI=1S/C24H25N5O/c30-24(13-20-14-25-22-9-5-4-8-21(20)22)28-11-10-19(16-28)12-23-27-26-17-29(23)15-18-6-2-1-3-7-18/h1-9,14,17,19,25H,10-13,15-16H2. The number of amides is 1. The molecule has 3 heterocycles. The van der Waals surface area contributed by atoms with Crippen LogP contribution in [0.25, 0.3) is 10.9 Å². The average molecular weight is 399 g/mol. The average Bonchev–Trinajstić information content (AvgIpc) is 3.51. The van der Waals surface area contributed by atoms with E-state index in [1.807, 2.05) is 47.5 Å². The number of aromatic nitrogens is 4. The van der Waals surface area contributed by atoms with Crippen molar-refractivity contribution in [3.63, 3.8) is 0 Å². The second kappa shape index (κ2) is 8.14. The molecule has 2 aromatic carbocycles. The molecule has 0 bridgehead atoms. The monoisotopic (exact) mass is 399 g/mol. The highest BCUT2D eigenvalue weighted by Crippen LogP contribution is 2.23. The van der Waals surface area contributed by atoms with E-state index in [2.05, 4.69) is 37.9 Å². The molecule has 1 unspecified atom stereocenters. The van der Waals surface area contributed by atoms with Gasteiger partial charge in [-0.2, -0.15) is 0 Å². The number of likely N-dealkylation sites (tertiary alicyclic amines) is 1. The lowest BCUT2D eigenvalue weighted by Crippen LogP contribution is -2.30. The molecule has 6 nitrogen and oxygen atoms in total. The summed E-state index contributed by atoms with van der Waals surface area (Å²) >= 11 is 0. The number of H-pyrrole nitrogens is 1. The Morgan fingerprint density at radius 3 is 2.83 bits per heavy atom. The van der Waals surface area contributed by atoms with Crippen LogP contribution < -0.4 is 0 Å². The maximum absolute atomic E-state index is 12.9. The highest BCUT2D eigenvalue weighted by Gasteiger charge is 2.28. The molecule has 1 atom stereocenters. The Morgan fingerprint density at radius 1 is 1.10 bits per heavy atom. The van der Waals surface area contributed by atoms with Gasteiger partial charge in [0.25, 0.3) is 0 Å². The summed E-state index contributed by atoms with van der Waals surface area (Å²) in [5, 5.41) is 9.60. The molecule has 1 aliphatic rings. The lowest BCUT2D eigenvalue weighted by molar-refractivity contribution is -0.129. The number of hydrogen-bond donors (Lipinski definition) is 1. The van der Waals surface area contributed by atoms with Crippen molar-refractivity contribution in [1.29, 1.82) is 0 Å². The SMILES string of the molecule is O=C(Cc1c[nH]c2ccccc12)N1CCC(Cc2nncn2Cc2ccccc2)C1. The molecule has 1 saturated heterocycles. The maximum Gasteiger partial charge on any atom is 0.227 e.